The van der Waals surface area contributed by atoms with Crippen LogP contribution in [0.4, 0.5) is 5.69 Å². The van der Waals surface area contributed by atoms with Gasteiger partial charge in [0, 0.05) is 16.7 Å². The molecule has 0 aliphatic carbocycles. The van der Waals surface area contributed by atoms with E-state index in [2.05, 4.69) is 48.9 Å². The molecule has 4 heteroatoms. The maximum Gasteiger partial charge on any atom is 0.337 e. The van der Waals surface area contributed by atoms with E-state index in [0.29, 0.717) is 17.2 Å². The fourth-order valence-corrected chi connectivity index (χ4v) is 1.74. The summed E-state index contributed by atoms with van der Waals surface area (Å²) in [4.78, 5) is 11.1. The smallest absolute Gasteiger partial charge is 0.337 e. The summed E-state index contributed by atoms with van der Waals surface area (Å²) in [6, 6.07) is 5.15. The second-order valence-electron chi connectivity index (χ2n) is 5.49. The van der Waals surface area contributed by atoms with E-state index in [9.17, 15) is 4.79 Å². The Morgan fingerprint density at radius 3 is 2.56 bits per heavy atom. The molecule has 1 aromatic carbocycles. The van der Waals surface area contributed by atoms with Gasteiger partial charge in [0.15, 0.2) is 0 Å². The van der Waals surface area contributed by atoms with Crippen molar-refractivity contribution < 1.29 is 9.90 Å². The zero-order valence-corrected chi connectivity index (χ0v) is 12.8. The summed E-state index contributed by atoms with van der Waals surface area (Å²) < 4.78 is 0.873. The highest BCUT2D eigenvalue weighted by atomic mass is 79.9. The molecule has 0 fully saturated rings. The van der Waals surface area contributed by atoms with Crippen LogP contribution in [0.2, 0.25) is 0 Å². The third-order valence-corrected chi connectivity index (χ3v) is 4.00. The quantitative estimate of drug-likeness (QED) is 0.854. The molecular formula is C14H20BrNO2. The highest BCUT2D eigenvalue weighted by Crippen LogP contribution is 2.28. The Labute approximate surface area is 117 Å². The predicted molar refractivity (Wildman–Crippen MR) is 78.2 cm³/mol. The Balaban J connectivity index is 2.90. The Kier molecular flexibility index (Phi) is 4.79. The van der Waals surface area contributed by atoms with E-state index in [1.807, 2.05) is 0 Å². The molecular weight excluding hydrogens is 294 g/mol. The fraction of sp³-hybridized carbons (Fsp3) is 0.500. The summed E-state index contributed by atoms with van der Waals surface area (Å²) in [6.07, 6.45) is 0. The van der Waals surface area contributed by atoms with Gasteiger partial charge >= 0.3 is 5.97 Å². The van der Waals surface area contributed by atoms with Gasteiger partial charge in [0.25, 0.3) is 0 Å². The SMILES string of the molecule is CC(C)C(C)(C)CNc1cc(Br)ccc1C(=O)O. The number of hydrogen-bond donors (Lipinski definition) is 2. The first kappa shape index (κ1) is 15.0. The minimum absolute atomic E-state index is 0.109. The number of benzene rings is 1. The fourth-order valence-electron chi connectivity index (χ4n) is 1.38. The van der Waals surface area contributed by atoms with E-state index >= 15 is 0 Å². The van der Waals surface area contributed by atoms with Crippen LogP contribution in [-0.2, 0) is 0 Å². The highest BCUT2D eigenvalue weighted by molar-refractivity contribution is 9.10. The minimum Gasteiger partial charge on any atom is -0.478 e. The van der Waals surface area contributed by atoms with Crippen molar-refractivity contribution in [1.82, 2.24) is 0 Å². The standard InChI is InChI=1S/C14H20BrNO2/c1-9(2)14(3,4)8-16-12-7-10(15)5-6-11(12)13(17)18/h5-7,9,16H,8H2,1-4H3,(H,17,18). The summed E-state index contributed by atoms with van der Waals surface area (Å²) in [5.41, 5.74) is 1.07. The Bertz CT molecular complexity index is 441. The molecule has 0 saturated carbocycles. The van der Waals surface area contributed by atoms with Crippen LogP contribution in [-0.4, -0.2) is 17.6 Å². The molecule has 0 aromatic heterocycles. The van der Waals surface area contributed by atoms with Crippen LogP contribution < -0.4 is 5.32 Å². The van der Waals surface area contributed by atoms with Crippen molar-refractivity contribution in [3.05, 3.63) is 28.2 Å². The summed E-state index contributed by atoms with van der Waals surface area (Å²) in [5, 5.41) is 12.4. The number of carboxylic acid groups (broad SMARTS) is 1. The lowest BCUT2D eigenvalue weighted by molar-refractivity contribution is 0.0698. The molecule has 0 saturated heterocycles. The van der Waals surface area contributed by atoms with Gasteiger partial charge in [0.05, 0.1) is 5.56 Å². The van der Waals surface area contributed by atoms with Crippen LogP contribution >= 0.6 is 15.9 Å². The van der Waals surface area contributed by atoms with Gasteiger partial charge in [0.2, 0.25) is 0 Å². The first-order chi connectivity index (χ1) is 8.24. The van der Waals surface area contributed by atoms with E-state index in [0.717, 1.165) is 11.0 Å². The number of hydrogen-bond acceptors (Lipinski definition) is 2. The van der Waals surface area contributed by atoms with Crippen molar-refractivity contribution in [3.8, 4) is 0 Å². The van der Waals surface area contributed by atoms with E-state index in [1.165, 1.54) is 0 Å². The molecule has 0 heterocycles. The number of carbonyl (C=O) groups is 1. The van der Waals surface area contributed by atoms with Gasteiger partial charge in [-0.05, 0) is 29.5 Å². The molecule has 1 rings (SSSR count). The van der Waals surface area contributed by atoms with Crippen molar-refractivity contribution in [2.24, 2.45) is 11.3 Å². The third-order valence-electron chi connectivity index (χ3n) is 3.51. The number of aromatic carboxylic acids is 1. The van der Waals surface area contributed by atoms with Crippen LogP contribution in [0, 0.1) is 11.3 Å². The molecule has 0 atom stereocenters. The van der Waals surface area contributed by atoms with Crippen LogP contribution in [0.3, 0.4) is 0 Å². The zero-order valence-electron chi connectivity index (χ0n) is 11.2. The molecule has 2 N–H and O–H groups in total. The van der Waals surface area contributed by atoms with Crippen LogP contribution in [0.5, 0.6) is 0 Å². The summed E-state index contributed by atoms with van der Waals surface area (Å²) in [5.74, 6) is -0.391. The van der Waals surface area contributed by atoms with Gasteiger partial charge in [-0.25, -0.2) is 4.79 Å². The van der Waals surface area contributed by atoms with Crippen molar-refractivity contribution in [1.29, 1.82) is 0 Å². The molecule has 0 radical (unpaired) electrons. The van der Waals surface area contributed by atoms with Gasteiger partial charge in [-0.3, -0.25) is 0 Å². The predicted octanol–water partition coefficient (Wildman–Crippen LogP) is 4.24. The zero-order chi connectivity index (χ0) is 13.9. The van der Waals surface area contributed by atoms with E-state index in [-0.39, 0.29) is 5.41 Å². The monoisotopic (exact) mass is 313 g/mol. The Morgan fingerprint density at radius 1 is 1.44 bits per heavy atom. The average molecular weight is 314 g/mol. The van der Waals surface area contributed by atoms with Crippen molar-refractivity contribution in [2.45, 2.75) is 27.7 Å². The molecule has 0 aliphatic heterocycles. The summed E-state index contributed by atoms with van der Waals surface area (Å²) in [6.45, 7) is 9.41. The molecule has 100 valence electrons. The lowest BCUT2D eigenvalue weighted by Crippen LogP contribution is -2.29. The number of rotatable bonds is 5. The van der Waals surface area contributed by atoms with Gasteiger partial charge in [-0.2, -0.15) is 0 Å². The molecule has 0 amide bonds. The molecule has 18 heavy (non-hydrogen) atoms. The second-order valence-corrected chi connectivity index (χ2v) is 6.41. The first-order valence-corrected chi connectivity index (χ1v) is 6.80. The number of nitrogens with one attached hydrogen (secondary N) is 1. The summed E-state index contributed by atoms with van der Waals surface area (Å²) >= 11 is 3.36. The van der Waals surface area contributed by atoms with Gasteiger partial charge < -0.3 is 10.4 Å². The normalized spacial score (nSPS) is 11.7. The maximum absolute atomic E-state index is 11.1. The molecule has 3 nitrogen and oxygen atoms in total. The minimum atomic E-state index is -0.910. The topological polar surface area (TPSA) is 49.3 Å². The van der Waals surface area contributed by atoms with Gasteiger partial charge in [-0.15, -0.1) is 0 Å². The Hall–Kier alpha value is -1.03. The molecule has 0 unspecified atom stereocenters. The summed E-state index contributed by atoms with van der Waals surface area (Å²) in [7, 11) is 0. The van der Waals surface area contributed by atoms with Crippen molar-refractivity contribution >= 4 is 27.6 Å². The number of halogens is 1. The van der Waals surface area contributed by atoms with Crippen LogP contribution in [0.25, 0.3) is 0 Å². The highest BCUT2D eigenvalue weighted by Gasteiger charge is 2.22. The van der Waals surface area contributed by atoms with Crippen LogP contribution in [0.15, 0.2) is 22.7 Å². The van der Waals surface area contributed by atoms with Crippen LogP contribution in [0.1, 0.15) is 38.1 Å². The maximum atomic E-state index is 11.1. The molecule has 0 aliphatic rings. The van der Waals surface area contributed by atoms with E-state index < -0.39 is 5.97 Å². The Morgan fingerprint density at radius 2 is 2.06 bits per heavy atom. The third kappa shape index (κ3) is 3.73. The lowest BCUT2D eigenvalue weighted by Gasteiger charge is -2.30. The average Bonchev–Trinajstić information content (AvgIpc) is 2.26. The van der Waals surface area contributed by atoms with E-state index in [4.69, 9.17) is 5.11 Å². The van der Waals surface area contributed by atoms with Crippen molar-refractivity contribution in [3.63, 3.8) is 0 Å². The molecule has 0 bridgehead atoms. The van der Waals surface area contributed by atoms with E-state index in [1.54, 1.807) is 18.2 Å². The number of carboxylic acids is 1. The number of anilines is 1. The molecule has 1 aromatic rings. The first-order valence-electron chi connectivity index (χ1n) is 6.01. The second kappa shape index (κ2) is 5.74. The van der Waals surface area contributed by atoms with Gasteiger partial charge in [0.1, 0.15) is 0 Å². The molecule has 0 spiro atoms. The van der Waals surface area contributed by atoms with Gasteiger partial charge in [-0.1, -0.05) is 43.6 Å². The van der Waals surface area contributed by atoms with Crippen molar-refractivity contribution in [2.75, 3.05) is 11.9 Å². The largest absolute Gasteiger partial charge is 0.478 e. The lowest BCUT2D eigenvalue weighted by atomic mass is 9.81.